The van der Waals surface area contributed by atoms with E-state index in [4.69, 9.17) is 15.2 Å². The van der Waals surface area contributed by atoms with E-state index < -0.39 is 17.6 Å². The third kappa shape index (κ3) is 4.08. The number of benzene rings is 1. The highest BCUT2D eigenvalue weighted by Gasteiger charge is 2.52. The minimum atomic E-state index is -1.47. The fourth-order valence-corrected chi connectivity index (χ4v) is 3.85. The molecule has 2 atom stereocenters. The standard InChI is InChI=1S/C23H27FN6O4/c1-5-33-22(32)23(4)17-18(25)26-19(27-20(17)28-21(23)31)15-10-16(34-12(2)3)30(29-15)11-13-8-6-7-9-14(13)24/h6-10,12,22,32H,5,11H2,1-4H3,(H3,25,26,27,28,31). The van der Waals surface area contributed by atoms with Gasteiger partial charge in [0.2, 0.25) is 11.8 Å². The molecule has 0 saturated heterocycles. The molecule has 0 aliphatic carbocycles. The highest BCUT2D eigenvalue weighted by atomic mass is 19.1. The van der Waals surface area contributed by atoms with Crippen molar-refractivity contribution in [2.75, 3.05) is 17.7 Å². The maximum atomic E-state index is 14.2. The molecule has 4 rings (SSSR count). The number of rotatable bonds is 8. The highest BCUT2D eigenvalue weighted by molar-refractivity contribution is 6.07. The summed E-state index contributed by atoms with van der Waals surface area (Å²) < 4.78 is 26.9. The van der Waals surface area contributed by atoms with Gasteiger partial charge in [0.25, 0.3) is 0 Å². The van der Waals surface area contributed by atoms with Gasteiger partial charge in [0.1, 0.15) is 28.6 Å². The number of halogens is 1. The zero-order valence-corrected chi connectivity index (χ0v) is 19.4. The smallest absolute Gasteiger partial charge is 0.241 e. The van der Waals surface area contributed by atoms with Crippen molar-refractivity contribution in [3.8, 4) is 17.4 Å². The van der Waals surface area contributed by atoms with Crippen LogP contribution in [0.5, 0.6) is 5.88 Å². The first-order chi connectivity index (χ1) is 16.1. The second-order valence-corrected chi connectivity index (χ2v) is 8.40. The van der Waals surface area contributed by atoms with Crippen LogP contribution in [0, 0.1) is 5.82 Å². The van der Waals surface area contributed by atoms with Crippen LogP contribution in [0.3, 0.4) is 0 Å². The monoisotopic (exact) mass is 470 g/mol. The number of carbonyl (C=O) groups excluding carboxylic acids is 1. The lowest BCUT2D eigenvalue weighted by Crippen LogP contribution is -2.44. The number of amides is 1. The summed E-state index contributed by atoms with van der Waals surface area (Å²) in [7, 11) is 0. The van der Waals surface area contributed by atoms with Crippen LogP contribution >= 0.6 is 0 Å². The average Bonchev–Trinajstić information content (AvgIpc) is 3.28. The van der Waals surface area contributed by atoms with E-state index in [9.17, 15) is 14.3 Å². The third-order valence-electron chi connectivity index (χ3n) is 5.58. The normalized spacial score (nSPS) is 18.1. The van der Waals surface area contributed by atoms with Gasteiger partial charge in [0, 0.05) is 18.2 Å². The molecule has 3 aromatic rings. The Kier molecular flexibility index (Phi) is 6.24. The van der Waals surface area contributed by atoms with Crippen molar-refractivity contribution in [3.63, 3.8) is 0 Å². The number of hydrogen-bond acceptors (Lipinski definition) is 8. The second-order valence-electron chi connectivity index (χ2n) is 8.40. The minimum Gasteiger partial charge on any atom is -0.475 e. The van der Waals surface area contributed by atoms with Crippen molar-refractivity contribution in [1.29, 1.82) is 0 Å². The first-order valence-electron chi connectivity index (χ1n) is 10.9. The van der Waals surface area contributed by atoms with Crippen LogP contribution in [0.2, 0.25) is 0 Å². The first kappa shape index (κ1) is 23.6. The average molecular weight is 471 g/mol. The van der Waals surface area contributed by atoms with E-state index in [0.29, 0.717) is 17.1 Å². The van der Waals surface area contributed by atoms with Crippen molar-refractivity contribution >= 4 is 17.5 Å². The number of hydrogen-bond donors (Lipinski definition) is 3. The lowest BCUT2D eigenvalue weighted by Gasteiger charge is -2.28. The van der Waals surface area contributed by atoms with Crippen LogP contribution < -0.4 is 15.8 Å². The molecule has 1 aromatic carbocycles. The molecule has 34 heavy (non-hydrogen) atoms. The van der Waals surface area contributed by atoms with E-state index >= 15 is 0 Å². The molecule has 11 heteroatoms. The zero-order chi connectivity index (χ0) is 24.6. The molecular formula is C23H27FN6O4. The van der Waals surface area contributed by atoms with Crippen molar-refractivity contribution < 1.29 is 23.8 Å². The number of ether oxygens (including phenoxy) is 2. The van der Waals surface area contributed by atoms with Gasteiger partial charge >= 0.3 is 0 Å². The van der Waals surface area contributed by atoms with Gasteiger partial charge in [-0.25, -0.2) is 19.0 Å². The van der Waals surface area contributed by atoms with Gasteiger partial charge < -0.3 is 25.6 Å². The number of aliphatic hydroxyl groups is 1. The van der Waals surface area contributed by atoms with E-state index in [1.807, 2.05) is 13.8 Å². The number of fused-ring (bicyclic) bond motifs is 1. The third-order valence-corrected chi connectivity index (χ3v) is 5.58. The Balaban J connectivity index is 1.75. The zero-order valence-electron chi connectivity index (χ0n) is 19.4. The number of aliphatic hydroxyl groups excluding tert-OH is 1. The molecule has 2 aromatic heterocycles. The van der Waals surface area contributed by atoms with Crippen molar-refractivity contribution in [1.82, 2.24) is 19.7 Å². The Hall–Kier alpha value is -3.57. The molecule has 0 spiro atoms. The summed E-state index contributed by atoms with van der Waals surface area (Å²) in [5, 5.41) is 17.6. The Labute approximate surface area is 195 Å². The Morgan fingerprint density at radius 3 is 2.71 bits per heavy atom. The number of carbonyl (C=O) groups is 1. The lowest BCUT2D eigenvalue weighted by atomic mass is 9.83. The number of aromatic nitrogens is 4. The Bertz CT molecular complexity index is 1230. The van der Waals surface area contributed by atoms with Crippen molar-refractivity contribution in [2.45, 2.75) is 52.0 Å². The number of nitrogens with two attached hydrogens (primary N) is 1. The van der Waals surface area contributed by atoms with Crippen LogP contribution in [-0.2, 0) is 21.5 Å². The summed E-state index contributed by atoms with van der Waals surface area (Å²) in [5.41, 5.74) is 5.78. The predicted octanol–water partition coefficient (Wildman–Crippen LogP) is 2.46. The minimum absolute atomic E-state index is 0.00887. The molecule has 2 unspecified atom stereocenters. The summed E-state index contributed by atoms with van der Waals surface area (Å²) in [6, 6.07) is 8.03. The molecular weight excluding hydrogens is 443 g/mol. The molecule has 0 bridgehead atoms. The van der Waals surface area contributed by atoms with Crippen LogP contribution in [0.25, 0.3) is 11.5 Å². The van der Waals surface area contributed by atoms with Gasteiger partial charge in [-0.05, 0) is 33.8 Å². The molecule has 1 aliphatic heterocycles. The van der Waals surface area contributed by atoms with Crippen LogP contribution in [-0.4, -0.2) is 49.8 Å². The lowest BCUT2D eigenvalue weighted by molar-refractivity contribution is -0.155. The summed E-state index contributed by atoms with van der Waals surface area (Å²) in [5.74, 6) is -0.138. The van der Waals surface area contributed by atoms with Gasteiger partial charge in [0.05, 0.1) is 18.2 Å². The van der Waals surface area contributed by atoms with Crippen molar-refractivity contribution in [2.24, 2.45) is 0 Å². The highest BCUT2D eigenvalue weighted by Crippen LogP contribution is 2.43. The maximum absolute atomic E-state index is 14.2. The van der Waals surface area contributed by atoms with E-state index in [0.717, 1.165) is 0 Å². The molecule has 1 amide bonds. The molecule has 10 nitrogen and oxygen atoms in total. The molecule has 180 valence electrons. The Morgan fingerprint density at radius 1 is 1.29 bits per heavy atom. The van der Waals surface area contributed by atoms with E-state index in [-0.39, 0.29) is 48.1 Å². The fraction of sp³-hybridized carbons (Fsp3) is 0.391. The van der Waals surface area contributed by atoms with Crippen LogP contribution in [0.4, 0.5) is 16.0 Å². The molecule has 3 heterocycles. The summed E-state index contributed by atoms with van der Waals surface area (Å²) in [4.78, 5) is 21.5. The van der Waals surface area contributed by atoms with Gasteiger partial charge in [-0.2, -0.15) is 5.10 Å². The summed E-state index contributed by atoms with van der Waals surface area (Å²) in [6.45, 7) is 7.29. The van der Waals surface area contributed by atoms with Gasteiger partial charge in [-0.1, -0.05) is 18.2 Å². The van der Waals surface area contributed by atoms with E-state index in [1.54, 1.807) is 31.2 Å². The van der Waals surface area contributed by atoms with E-state index in [2.05, 4.69) is 20.4 Å². The number of anilines is 2. The van der Waals surface area contributed by atoms with Gasteiger partial charge in [0.15, 0.2) is 12.1 Å². The molecule has 1 aliphatic rings. The Morgan fingerprint density at radius 2 is 2.03 bits per heavy atom. The molecule has 0 saturated carbocycles. The quantitative estimate of drug-likeness (QED) is 0.427. The van der Waals surface area contributed by atoms with Crippen LogP contribution in [0.1, 0.15) is 38.8 Å². The predicted molar refractivity (Wildman–Crippen MR) is 123 cm³/mol. The summed E-state index contributed by atoms with van der Waals surface area (Å²) in [6.07, 6.45) is -1.59. The summed E-state index contributed by atoms with van der Waals surface area (Å²) >= 11 is 0. The fourth-order valence-electron chi connectivity index (χ4n) is 3.85. The number of nitrogens with one attached hydrogen (secondary N) is 1. The maximum Gasteiger partial charge on any atom is 0.241 e. The van der Waals surface area contributed by atoms with Gasteiger partial charge in [-0.15, -0.1) is 0 Å². The first-order valence-corrected chi connectivity index (χ1v) is 10.9. The number of nitrogen functional groups attached to an aromatic ring is 1. The largest absolute Gasteiger partial charge is 0.475 e. The molecule has 0 fully saturated rings. The van der Waals surface area contributed by atoms with Crippen molar-refractivity contribution in [3.05, 3.63) is 47.3 Å². The second kappa shape index (κ2) is 8.99. The van der Waals surface area contributed by atoms with E-state index in [1.165, 1.54) is 17.7 Å². The topological polar surface area (TPSA) is 137 Å². The molecule has 4 N–H and O–H groups in total. The van der Waals surface area contributed by atoms with Crippen LogP contribution in [0.15, 0.2) is 30.3 Å². The van der Waals surface area contributed by atoms with Gasteiger partial charge in [-0.3, -0.25) is 4.79 Å². The SMILES string of the molecule is CCOC(O)C1(C)C(=O)Nc2nc(-c3cc(OC(C)C)n(Cc4ccccc4F)n3)nc(N)c21. The molecule has 0 radical (unpaired) electrons. The number of nitrogens with zero attached hydrogens (tertiary/aromatic N) is 4.